The van der Waals surface area contributed by atoms with Crippen LogP contribution in [0.15, 0.2) is 34.7 Å². The van der Waals surface area contributed by atoms with Crippen molar-refractivity contribution < 1.29 is 17.7 Å². The summed E-state index contributed by atoms with van der Waals surface area (Å²) < 4.78 is 38.5. The fourth-order valence-corrected chi connectivity index (χ4v) is 6.98. The first kappa shape index (κ1) is 20.3. The van der Waals surface area contributed by atoms with Crippen molar-refractivity contribution in [1.29, 1.82) is 0 Å². The number of methoxy groups -OCH3 is 1. The summed E-state index contributed by atoms with van der Waals surface area (Å²) in [6, 6.07) is 7.67. The lowest BCUT2D eigenvalue weighted by Gasteiger charge is -2.37. The molecular weight excluding hydrogens is 410 g/mol. The van der Waals surface area contributed by atoms with Gasteiger partial charge in [0.2, 0.25) is 5.13 Å². The second-order valence-corrected chi connectivity index (χ2v) is 10.7. The van der Waals surface area contributed by atoms with Crippen molar-refractivity contribution in [2.75, 3.05) is 18.3 Å². The first-order valence-corrected chi connectivity index (χ1v) is 12.0. The maximum atomic E-state index is 11.8. The Morgan fingerprint density at radius 1 is 1.38 bits per heavy atom. The Labute approximate surface area is 175 Å². The Bertz CT molecular complexity index is 1060. The quantitative estimate of drug-likeness (QED) is 0.518. The van der Waals surface area contributed by atoms with Crippen LogP contribution in [0.4, 0.5) is 5.13 Å². The summed E-state index contributed by atoms with van der Waals surface area (Å²) >= 11 is 1.43. The van der Waals surface area contributed by atoms with E-state index in [1.54, 1.807) is 7.11 Å². The van der Waals surface area contributed by atoms with Crippen molar-refractivity contribution in [3.05, 3.63) is 29.6 Å². The molecule has 1 aromatic heterocycles. The number of benzene rings is 1. The summed E-state index contributed by atoms with van der Waals surface area (Å²) in [7, 11) is -2.49. The Balaban J connectivity index is 1.61. The number of hydrazone groups is 1. The van der Waals surface area contributed by atoms with E-state index in [4.69, 9.17) is 4.74 Å². The van der Waals surface area contributed by atoms with Gasteiger partial charge in [0.1, 0.15) is 5.75 Å². The zero-order valence-electron chi connectivity index (χ0n) is 16.7. The number of hydrogen-bond donors (Lipinski definition) is 2. The van der Waals surface area contributed by atoms with Crippen LogP contribution in [0.5, 0.6) is 5.75 Å². The van der Waals surface area contributed by atoms with E-state index in [-0.39, 0.29) is 11.2 Å². The highest BCUT2D eigenvalue weighted by molar-refractivity contribution is 7.85. The molecule has 2 saturated carbocycles. The molecular formula is C20H25N3O4S2. The van der Waals surface area contributed by atoms with Crippen LogP contribution in [0.3, 0.4) is 0 Å². The van der Waals surface area contributed by atoms with Gasteiger partial charge >= 0.3 is 0 Å². The highest BCUT2D eigenvalue weighted by Gasteiger charge is 2.64. The molecule has 4 rings (SSSR count). The monoisotopic (exact) mass is 435 g/mol. The van der Waals surface area contributed by atoms with Gasteiger partial charge in [-0.2, -0.15) is 13.5 Å². The van der Waals surface area contributed by atoms with Crippen molar-refractivity contribution in [3.8, 4) is 17.0 Å². The van der Waals surface area contributed by atoms with Crippen LogP contribution in [0, 0.1) is 16.7 Å². The standard InChI is InChI=1S/C20H25N3O4S2/c1-19(2)13-8-9-20(19,12-29(24,25)26)17(10-13)22-23-18-21-15(11-28-18)14-6-4-5-7-16(14)27-3/h4-7,11,13H,8-10,12H2,1-3H3,(H,21,23)(H,24,25,26). The first-order valence-electron chi connectivity index (χ1n) is 9.53. The minimum absolute atomic E-state index is 0.227. The predicted molar refractivity (Wildman–Crippen MR) is 115 cm³/mol. The highest BCUT2D eigenvalue weighted by Crippen LogP contribution is 2.64. The number of nitrogens with one attached hydrogen (secondary N) is 1. The van der Waals surface area contributed by atoms with E-state index in [2.05, 4.69) is 29.4 Å². The van der Waals surface area contributed by atoms with Crippen molar-refractivity contribution in [3.63, 3.8) is 0 Å². The van der Waals surface area contributed by atoms with Crippen LogP contribution < -0.4 is 10.2 Å². The molecule has 2 aromatic rings. The van der Waals surface area contributed by atoms with Gasteiger partial charge in [0.15, 0.2) is 0 Å². The number of fused-ring (bicyclic) bond motifs is 2. The van der Waals surface area contributed by atoms with Gasteiger partial charge in [-0.25, -0.2) is 4.98 Å². The van der Waals surface area contributed by atoms with Gasteiger partial charge in [-0.3, -0.25) is 9.98 Å². The third-order valence-corrected chi connectivity index (χ3v) is 8.37. The van der Waals surface area contributed by atoms with Crippen LogP contribution in [0.1, 0.15) is 33.1 Å². The summed E-state index contributed by atoms with van der Waals surface area (Å²) in [6.07, 6.45) is 2.41. The smallest absolute Gasteiger partial charge is 0.265 e. The Hall–Kier alpha value is -1.97. The number of aromatic nitrogens is 1. The Morgan fingerprint density at radius 3 is 2.83 bits per heavy atom. The minimum Gasteiger partial charge on any atom is -0.496 e. The first-order chi connectivity index (χ1) is 13.7. The maximum Gasteiger partial charge on any atom is 0.265 e. The molecule has 29 heavy (non-hydrogen) atoms. The van der Waals surface area contributed by atoms with E-state index in [9.17, 15) is 13.0 Å². The molecule has 9 heteroatoms. The van der Waals surface area contributed by atoms with Gasteiger partial charge in [-0.1, -0.05) is 26.0 Å². The van der Waals surface area contributed by atoms with Crippen LogP contribution >= 0.6 is 11.3 Å². The molecule has 156 valence electrons. The molecule has 2 bridgehead atoms. The van der Waals surface area contributed by atoms with E-state index >= 15 is 0 Å². The molecule has 7 nitrogen and oxygen atoms in total. The topological polar surface area (TPSA) is 101 Å². The number of anilines is 1. The Morgan fingerprint density at radius 2 is 2.14 bits per heavy atom. The molecule has 0 spiro atoms. The summed E-state index contributed by atoms with van der Waals surface area (Å²) in [4.78, 5) is 4.60. The van der Waals surface area contributed by atoms with Crippen molar-refractivity contribution in [2.45, 2.75) is 33.1 Å². The predicted octanol–water partition coefficient (Wildman–Crippen LogP) is 4.30. The van der Waals surface area contributed by atoms with Crippen LogP contribution in [0.25, 0.3) is 11.3 Å². The molecule has 0 amide bonds. The maximum absolute atomic E-state index is 11.8. The summed E-state index contributed by atoms with van der Waals surface area (Å²) in [5, 5.41) is 7.14. The van der Waals surface area contributed by atoms with E-state index < -0.39 is 15.5 Å². The molecule has 2 aliphatic rings. The van der Waals surface area contributed by atoms with Crippen LogP contribution in [0.2, 0.25) is 0 Å². The molecule has 2 aliphatic carbocycles. The number of rotatable bonds is 6. The normalized spacial score (nSPS) is 26.8. The zero-order chi connectivity index (χ0) is 20.9. The van der Waals surface area contributed by atoms with Gasteiger partial charge < -0.3 is 4.74 Å². The van der Waals surface area contributed by atoms with Gasteiger partial charge in [0.25, 0.3) is 10.1 Å². The molecule has 2 fully saturated rings. The number of nitrogens with zero attached hydrogens (tertiary/aromatic N) is 2. The summed E-state index contributed by atoms with van der Waals surface area (Å²) in [5.41, 5.74) is 4.66. The average Bonchev–Trinajstić information content (AvgIpc) is 3.28. The second-order valence-electron chi connectivity index (χ2n) is 8.38. The molecule has 0 aliphatic heterocycles. The Kier molecular flexibility index (Phi) is 4.95. The van der Waals surface area contributed by atoms with Gasteiger partial charge in [0, 0.05) is 22.1 Å². The third kappa shape index (κ3) is 3.45. The average molecular weight is 436 g/mol. The molecule has 0 saturated heterocycles. The highest BCUT2D eigenvalue weighted by atomic mass is 32.2. The summed E-state index contributed by atoms with van der Waals surface area (Å²) in [6.45, 7) is 4.17. The summed E-state index contributed by atoms with van der Waals surface area (Å²) in [5.74, 6) is 0.830. The molecule has 2 atom stereocenters. The molecule has 2 N–H and O–H groups in total. The molecule has 1 heterocycles. The number of thiazole rings is 1. The van der Waals surface area contributed by atoms with Gasteiger partial charge in [0.05, 0.1) is 18.6 Å². The number of para-hydroxylation sites is 1. The number of hydrogen-bond acceptors (Lipinski definition) is 7. The largest absolute Gasteiger partial charge is 0.496 e. The lowest BCUT2D eigenvalue weighted by atomic mass is 9.70. The van der Waals surface area contributed by atoms with Crippen LogP contribution in [-0.4, -0.2) is 36.5 Å². The van der Waals surface area contributed by atoms with Crippen molar-refractivity contribution in [1.82, 2.24) is 4.98 Å². The van der Waals surface area contributed by atoms with Crippen molar-refractivity contribution in [2.24, 2.45) is 21.8 Å². The molecule has 2 unspecified atom stereocenters. The fraction of sp³-hybridized carbons (Fsp3) is 0.500. The van der Waals surface area contributed by atoms with E-state index in [0.29, 0.717) is 11.0 Å². The van der Waals surface area contributed by atoms with Crippen LogP contribution in [-0.2, 0) is 10.1 Å². The lowest BCUT2D eigenvalue weighted by Crippen LogP contribution is -2.42. The van der Waals surface area contributed by atoms with Gasteiger partial charge in [-0.05, 0) is 42.7 Å². The minimum atomic E-state index is -4.11. The van der Waals surface area contributed by atoms with Crippen molar-refractivity contribution >= 4 is 32.3 Å². The third-order valence-electron chi connectivity index (χ3n) is 6.77. The lowest BCUT2D eigenvalue weighted by molar-refractivity contribution is 0.193. The van der Waals surface area contributed by atoms with Gasteiger partial charge in [-0.15, -0.1) is 11.3 Å². The molecule has 0 radical (unpaired) electrons. The zero-order valence-corrected chi connectivity index (χ0v) is 18.3. The van der Waals surface area contributed by atoms with E-state index in [0.717, 1.165) is 42.0 Å². The SMILES string of the molecule is COc1ccccc1-c1csc(NN=C2CC3CCC2(CS(=O)(=O)O)C3(C)C)n1. The molecule has 1 aromatic carbocycles. The van der Waals surface area contributed by atoms with E-state index in [1.165, 1.54) is 11.3 Å². The van der Waals surface area contributed by atoms with E-state index in [1.807, 2.05) is 29.6 Å². The number of ether oxygens (including phenoxy) is 1. The fourth-order valence-electron chi connectivity index (χ4n) is 5.02. The second kappa shape index (κ2) is 7.07.